The van der Waals surface area contributed by atoms with Gasteiger partial charge in [-0.15, -0.1) is 0 Å². The van der Waals surface area contributed by atoms with Crippen molar-refractivity contribution in [2.75, 3.05) is 25.7 Å². The number of halogens is 6. The van der Waals surface area contributed by atoms with Crippen LogP contribution in [0.1, 0.15) is 59.2 Å². The second-order valence-electron chi connectivity index (χ2n) is 13.4. The maximum Gasteiger partial charge on any atom is 0.416 e. The molecule has 57 heavy (non-hydrogen) atoms. The number of aromatic amines is 2. The van der Waals surface area contributed by atoms with E-state index < -0.39 is 40.6 Å². The lowest BCUT2D eigenvalue weighted by molar-refractivity contribution is -0.138. The number of hydrogen-bond donors (Lipinski definition) is 2. The number of aromatic nitrogens is 6. The number of benzene rings is 3. The molecule has 2 N–H and O–H groups in total. The number of methoxy groups -OCH3 is 1. The predicted molar refractivity (Wildman–Crippen MR) is 202 cm³/mol. The number of ether oxygens (including phenoxy) is 2. The predicted octanol–water partition coefficient (Wildman–Crippen LogP) is 7.95. The van der Waals surface area contributed by atoms with Crippen molar-refractivity contribution in [1.29, 1.82) is 0 Å². The molecule has 0 radical (unpaired) electrons. The Hall–Kier alpha value is -6.23. The zero-order valence-corrected chi connectivity index (χ0v) is 31.2. The standard InChI is InChI=1S/C40H37F6N7O4/c1-22(2)32-35(52(4)20-24-9-13-27(14-10-24)39(41,42)43)47-31(48-37(32)54)21-57-18-17-30-33-36(49-34(50-38(33)55)26-7-6-8-29(19-26)56-5)53(51-30)23(3)25-11-15-28(16-12-25)40(44,45)46/h6-16,19,23H,1,17-18,20-21H2,2-5H3,(H,47,48,54)(H,49,50,55). The van der Waals surface area contributed by atoms with E-state index in [1.807, 2.05) is 0 Å². The topological polar surface area (TPSA) is 131 Å². The van der Waals surface area contributed by atoms with Crippen molar-refractivity contribution < 1.29 is 35.8 Å². The zero-order valence-electron chi connectivity index (χ0n) is 31.2. The Balaban J connectivity index is 1.26. The van der Waals surface area contributed by atoms with Crippen molar-refractivity contribution in [1.82, 2.24) is 29.7 Å². The third-order valence-electron chi connectivity index (χ3n) is 9.23. The van der Waals surface area contributed by atoms with Gasteiger partial charge in [0.05, 0.1) is 42.1 Å². The first kappa shape index (κ1) is 40.4. The van der Waals surface area contributed by atoms with Gasteiger partial charge in [0.2, 0.25) is 0 Å². The molecule has 17 heteroatoms. The lowest BCUT2D eigenvalue weighted by Crippen LogP contribution is -2.26. The van der Waals surface area contributed by atoms with Crippen LogP contribution in [0.5, 0.6) is 5.75 Å². The van der Waals surface area contributed by atoms with E-state index >= 15 is 0 Å². The number of fused-ring (bicyclic) bond motifs is 1. The van der Waals surface area contributed by atoms with Crippen molar-refractivity contribution in [3.8, 4) is 17.1 Å². The minimum absolute atomic E-state index is 0.000520. The van der Waals surface area contributed by atoms with E-state index in [2.05, 4.69) is 21.5 Å². The van der Waals surface area contributed by atoms with Crippen LogP contribution in [-0.2, 0) is 36.7 Å². The summed E-state index contributed by atoms with van der Waals surface area (Å²) in [5.41, 5.74) is 0.155. The molecule has 298 valence electrons. The highest BCUT2D eigenvalue weighted by Crippen LogP contribution is 2.32. The number of rotatable bonds is 13. The molecule has 0 amide bonds. The van der Waals surface area contributed by atoms with Gasteiger partial charge in [-0.05, 0) is 66.9 Å². The number of nitrogens with zero attached hydrogens (tertiary/aromatic N) is 5. The highest BCUT2D eigenvalue weighted by molar-refractivity contribution is 5.80. The molecule has 6 aromatic rings. The van der Waals surface area contributed by atoms with Crippen LogP contribution in [-0.4, -0.2) is 50.5 Å². The minimum atomic E-state index is -4.52. The van der Waals surface area contributed by atoms with E-state index in [0.29, 0.717) is 33.7 Å². The molecule has 0 aliphatic carbocycles. The average molecular weight is 794 g/mol. The second kappa shape index (κ2) is 16.1. The molecular formula is C40H37F6N7O4. The fraction of sp³-hybridized carbons (Fsp3) is 0.275. The molecule has 0 aliphatic heterocycles. The third-order valence-corrected chi connectivity index (χ3v) is 9.23. The van der Waals surface area contributed by atoms with Crippen LogP contribution >= 0.6 is 0 Å². The van der Waals surface area contributed by atoms with Gasteiger partial charge in [0.1, 0.15) is 35.2 Å². The molecule has 0 spiro atoms. The Morgan fingerprint density at radius 3 is 2.18 bits per heavy atom. The molecule has 3 heterocycles. The van der Waals surface area contributed by atoms with Gasteiger partial charge in [-0.3, -0.25) is 9.59 Å². The Morgan fingerprint density at radius 1 is 0.912 bits per heavy atom. The molecule has 0 aliphatic rings. The zero-order chi connectivity index (χ0) is 41.2. The molecule has 0 fully saturated rings. The van der Waals surface area contributed by atoms with Crippen LogP contribution in [0.3, 0.4) is 0 Å². The number of H-pyrrole nitrogens is 2. The molecule has 11 nitrogen and oxygen atoms in total. The summed E-state index contributed by atoms with van der Waals surface area (Å²) in [7, 11) is 3.15. The normalized spacial score (nSPS) is 12.5. The van der Waals surface area contributed by atoms with Crippen molar-refractivity contribution in [2.24, 2.45) is 0 Å². The highest BCUT2D eigenvalue weighted by atomic mass is 19.4. The summed E-state index contributed by atoms with van der Waals surface area (Å²) in [6.07, 6.45) is -8.90. The van der Waals surface area contributed by atoms with Gasteiger partial charge in [0, 0.05) is 25.6 Å². The summed E-state index contributed by atoms with van der Waals surface area (Å²) in [6.45, 7) is 7.22. The Labute approximate surface area is 321 Å². The van der Waals surface area contributed by atoms with Gasteiger partial charge in [0.15, 0.2) is 5.65 Å². The maximum absolute atomic E-state index is 13.7. The van der Waals surface area contributed by atoms with Crippen LogP contribution < -0.4 is 20.8 Å². The van der Waals surface area contributed by atoms with Crippen LogP contribution in [0.4, 0.5) is 32.2 Å². The molecular weight excluding hydrogens is 756 g/mol. The molecule has 1 atom stereocenters. The van der Waals surface area contributed by atoms with Crippen molar-refractivity contribution >= 4 is 22.4 Å². The van der Waals surface area contributed by atoms with Crippen LogP contribution in [0.15, 0.2) is 89.0 Å². The van der Waals surface area contributed by atoms with Gasteiger partial charge >= 0.3 is 12.4 Å². The maximum atomic E-state index is 13.7. The van der Waals surface area contributed by atoms with Crippen LogP contribution in [0.25, 0.3) is 28.0 Å². The lowest BCUT2D eigenvalue weighted by Gasteiger charge is -2.22. The third kappa shape index (κ3) is 8.93. The molecule has 1 unspecified atom stereocenters. The largest absolute Gasteiger partial charge is 0.497 e. The van der Waals surface area contributed by atoms with E-state index in [9.17, 15) is 35.9 Å². The van der Waals surface area contributed by atoms with Gasteiger partial charge < -0.3 is 24.3 Å². The van der Waals surface area contributed by atoms with Crippen LogP contribution in [0.2, 0.25) is 0 Å². The first-order valence-corrected chi connectivity index (χ1v) is 17.5. The summed E-state index contributed by atoms with van der Waals surface area (Å²) in [4.78, 5) is 43.3. The van der Waals surface area contributed by atoms with Gasteiger partial charge in [-0.25, -0.2) is 14.6 Å². The smallest absolute Gasteiger partial charge is 0.416 e. The molecule has 6 rings (SSSR count). The molecule has 0 saturated heterocycles. The summed E-state index contributed by atoms with van der Waals surface area (Å²) in [5.74, 6) is 1.16. The molecule has 0 bridgehead atoms. The van der Waals surface area contributed by atoms with Crippen LogP contribution in [0, 0.1) is 0 Å². The van der Waals surface area contributed by atoms with E-state index in [4.69, 9.17) is 19.6 Å². The summed E-state index contributed by atoms with van der Waals surface area (Å²) in [6, 6.07) is 15.6. The first-order valence-electron chi connectivity index (χ1n) is 17.5. The van der Waals surface area contributed by atoms with Crippen molar-refractivity contribution in [2.45, 2.75) is 51.8 Å². The van der Waals surface area contributed by atoms with Gasteiger partial charge in [0.25, 0.3) is 11.1 Å². The fourth-order valence-corrected chi connectivity index (χ4v) is 6.28. The van der Waals surface area contributed by atoms with E-state index in [1.54, 1.807) is 50.1 Å². The van der Waals surface area contributed by atoms with Crippen molar-refractivity contribution in [3.05, 3.63) is 139 Å². The lowest BCUT2D eigenvalue weighted by atomic mass is 10.1. The van der Waals surface area contributed by atoms with Gasteiger partial charge in [-0.1, -0.05) is 43.0 Å². The summed E-state index contributed by atoms with van der Waals surface area (Å²) >= 11 is 0. The molecule has 3 aromatic carbocycles. The summed E-state index contributed by atoms with van der Waals surface area (Å²) < 4.78 is 91.9. The number of alkyl halides is 6. The summed E-state index contributed by atoms with van der Waals surface area (Å²) in [5, 5.41) is 4.87. The van der Waals surface area contributed by atoms with E-state index in [-0.39, 0.29) is 60.2 Å². The number of nitrogens with one attached hydrogen (secondary N) is 2. The van der Waals surface area contributed by atoms with Crippen molar-refractivity contribution in [3.63, 3.8) is 0 Å². The second-order valence-corrected chi connectivity index (χ2v) is 13.4. The quantitative estimate of drug-likeness (QED) is 0.0891. The fourth-order valence-electron chi connectivity index (χ4n) is 6.28. The average Bonchev–Trinajstić information content (AvgIpc) is 3.54. The SMILES string of the molecule is C=C(C)c1c(N(C)Cc2ccc(C(F)(F)F)cc2)nc(COCCc2nn(C(C)c3ccc(C(F)(F)F)cc3)c3nc(-c4cccc(OC)c4)[nH]c(=O)c23)[nH]c1=O. The Bertz CT molecular complexity index is 2530. The van der Waals surface area contributed by atoms with E-state index in [1.165, 1.54) is 36.1 Å². The molecule has 0 saturated carbocycles. The number of hydrogen-bond acceptors (Lipinski definition) is 8. The highest BCUT2D eigenvalue weighted by Gasteiger charge is 2.31. The Morgan fingerprint density at radius 2 is 1.56 bits per heavy atom. The molecule has 3 aromatic heterocycles. The Kier molecular flexibility index (Phi) is 11.4. The van der Waals surface area contributed by atoms with E-state index in [0.717, 1.165) is 24.3 Å². The number of anilines is 1. The monoisotopic (exact) mass is 793 g/mol. The first-order chi connectivity index (χ1) is 26.9. The van der Waals surface area contributed by atoms with Gasteiger partial charge in [-0.2, -0.15) is 31.4 Å². The number of allylic oxidation sites excluding steroid dienone is 1. The minimum Gasteiger partial charge on any atom is -0.497 e.